The van der Waals surface area contributed by atoms with Crippen LogP contribution >= 0.6 is 0 Å². The van der Waals surface area contributed by atoms with Gasteiger partial charge in [0, 0.05) is 18.5 Å². The maximum atomic E-state index is 11.6. The van der Waals surface area contributed by atoms with Gasteiger partial charge < -0.3 is 10.0 Å². The topological polar surface area (TPSA) is 100 Å². The summed E-state index contributed by atoms with van der Waals surface area (Å²) in [6.45, 7) is 0. The molecule has 3 rings (SSSR count). The molecule has 0 aliphatic carbocycles. The van der Waals surface area contributed by atoms with Gasteiger partial charge in [-0.25, -0.2) is 23.2 Å². The zero-order valence-electron chi connectivity index (χ0n) is 11.9. The molecule has 1 fully saturated rings. The fourth-order valence-corrected chi connectivity index (χ4v) is 4.49. The summed E-state index contributed by atoms with van der Waals surface area (Å²) in [6, 6.07) is 4.52. The van der Waals surface area contributed by atoms with Crippen LogP contribution in [0.4, 0.5) is 5.82 Å². The van der Waals surface area contributed by atoms with Crippen molar-refractivity contribution in [2.24, 2.45) is 0 Å². The predicted octanol–water partition coefficient (Wildman–Crippen LogP) is 0.951. The molecule has 1 aromatic heterocycles. The predicted molar refractivity (Wildman–Crippen MR) is 82.0 cm³/mol. The van der Waals surface area contributed by atoms with Crippen molar-refractivity contribution >= 4 is 32.5 Å². The van der Waals surface area contributed by atoms with Crippen LogP contribution in [0, 0.1) is 0 Å². The molecule has 7 nitrogen and oxygen atoms in total. The van der Waals surface area contributed by atoms with Crippen LogP contribution in [-0.4, -0.2) is 54.1 Å². The van der Waals surface area contributed by atoms with Crippen LogP contribution in [0.25, 0.3) is 10.9 Å². The fraction of sp³-hybridized carbons (Fsp3) is 0.357. The highest BCUT2D eigenvalue weighted by Gasteiger charge is 2.31. The Bertz CT molecular complexity index is 850. The van der Waals surface area contributed by atoms with Gasteiger partial charge in [-0.3, -0.25) is 0 Å². The average Bonchev–Trinajstić information content (AvgIpc) is 2.85. The van der Waals surface area contributed by atoms with Crippen molar-refractivity contribution in [1.29, 1.82) is 0 Å². The fourth-order valence-electron chi connectivity index (χ4n) is 2.71. The van der Waals surface area contributed by atoms with Gasteiger partial charge >= 0.3 is 5.97 Å². The van der Waals surface area contributed by atoms with Gasteiger partial charge in [-0.05, 0) is 24.6 Å². The lowest BCUT2D eigenvalue weighted by Gasteiger charge is -2.25. The highest BCUT2D eigenvalue weighted by molar-refractivity contribution is 7.91. The molecule has 1 atom stereocenters. The van der Waals surface area contributed by atoms with Gasteiger partial charge in [0.25, 0.3) is 0 Å². The second kappa shape index (κ2) is 5.20. The Morgan fingerprint density at radius 3 is 2.77 bits per heavy atom. The zero-order chi connectivity index (χ0) is 15.9. The Balaban J connectivity index is 2.02. The van der Waals surface area contributed by atoms with E-state index in [1.54, 1.807) is 13.1 Å². The zero-order valence-corrected chi connectivity index (χ0v) is 12.7. The second-order valence-corrected chi connectivity index (χ2v) is 7.63. The van der Waals surface area contributed by atoms with Crippen molar-refractivity contribution in [3.05, 3.63) is 30.1 Å². The van der Waals surface area contributed by atoms with Gasteiger partial charge in [-0.1, -0.05) is 0 Å². The molecule has 8 heteroatoms. The maximum absolute atomic E-state index is 11.6. The van der Waals surface area contributed by atoms with Crippen molar-refractivity contribution in [2.75, 3.05) is 23.5 Å². The van der Waals surface area contributed by atoms with E-state index in [9.17, 15) is 13.2 Å². The lowest BCUT2D eigenvalue weighted by molar-refractivity contribution is 0.0697. The third-order valence-corrected chi connectivity index (χ3v) is 5.70. The molecule has 1 aromatic carbocycles. The van der Waals surface area contributed by atoms with Gasteiger partial charge in [-0.15, -0.1) is 0 Å². The highest BCUT2D eigenvalue weighted by Crippen LogP contribution is 2.27. The molecule has 116 valence electrons. The number of fused-ring (bicyclic) bond motifs is 1. The van der Waals surface area contributed by atoms with Crippen LogP contribution in [0.5, 0.6) is 0 Å². The van der Waals surface area contributed by atoms with Gasteiger partial charge in [0.2, 0.25) is 0 Å². The van der Waals surface area contributed by atoms with E-state index >= 15 is 0 Å². The second-order valence-electron chi connectivity index (χ2n) is 5.40. The van der Waals surface area contributed by atoms with E-state index in [1.165, 1.54) is 18.5 Å². The number of carbonyl (C=O) groups is 1. The van der Waals surface area contributed by atoms with E-state index in [1.807, 2.05) is 4.90 Å². The van der Waals surface area contributed by atoms with E-state index in [4.69, 9.17) is 5.11 Å². The minimum absolute atomic E-state index is 0.113. The van der Waals surface area contributed by atoms with Gasteiger partial charge in [0.05, 0.1) is 22.6 Å². The van der Waals surface area contributed by atoms with Gasteiger partial charge in [-0.2, -0.15) is 0 Å². The molecular formula is C14H15N3O4S. The summed E-state index contributed by atoms with van der Waals surface area (Å²) in [7, 11) is -1.18. The summed E-state index contributed by atoms with van der Waals surface area (Å²) in [6.07, 6.45) is 1.93. The molecule has 1 unspecified atom stereocenters. The van der Waals surface area contributed by atoms with Crippen molar-refractivity contribution < 1.29 is 18.3 Å². The molecule has 0 spiro atoms. The number of carboxylic acid groups (broad SMARTS) is 1. The van der Waals surface area contributed by atoms with E-state index in [2.05, 4.69) is 9.97 Å². The molecule has 2 heterocycles. The Labute approximate surface area is 127 Å². The lowest BCUT2D eigenvalue weighted by Crippen LogP contribution is -2.33. The first-order valence-corrected chi connectivity index (χ1v) is 8.61. The number of nitrogens with zero attached hydrogens (tertiary/aromatic N) is 3. The number of rotatable bonds is 3. The first-order valence-electron chi connectivity index (χ1n) is 6.79. The van der Waals surface area contributed by atoms with Gasteiger partial charge in [0.15, 0.2) is 9.84 Å². The Kier molecular flexibility index (Phi) is 3.48. The standard InChI is InChI=1S/C14H15N3O4S/c1-17(10-4-5-22(20,21)7-10)13-11-3-2-9(14(18)19)6-12(11)15-8-16-13/h2-3,6,8,10H,4-5,7H2,1H3,(H,18,19). The summed E-state index contributed by atoms with van der Waals surface area (Å²) in [4.78, 5) is 21.2. The molecular weight excluding hydrogens is 306 g/mol. The van der Waals surface area contributed by atoms with Crippen LogP contribution in [0.2, 0.25) is 0 Å². The minimum atomic E-state index is -2.98. The Morgan fingerprint density at radius 2 is 2.14 bits per heavy atom. The first kappa shape index (κ1) is 14.7. The smallest absolute Gasteiger partial charge is 0.335 e. The normalized spacial score (nSPS) is 20.1. The summed E-state index contributed by atoms with van der Waals surface area (Å²) in [5.41, 5.74) is 0.681. The number of carboxylic acids is 1. The van der Waals surface area contributed by atoms with Crippen LogP contribution in [-0.2, 0) is 9.84 Å². The monoisotopic (exact) mass is 321 g/mol. The summed E-state index contributed by atoms with van der Waals surface area (Å²) >= 11 is 0. The van der Waals surface area contributed by atoms with E-state index in [-0.39, 0.29) is 23.1 Å². The van der Waals surface area contributed by atoms with Crippen molar-refractivity contribution in [1.82, 2.24) is 9.97 Å². The van der Waals surface area contributed by atoms with E-state index < -0.39 is 15.8 Å². The molecule has 2 aromatic rings. The molecule has 1 N–H and O–H groups in total. The van der Waals surface area contributed by atoms with Crippen molar-refractivity contribution in [3.8, 4) is 0 Å². The van der Waals surface area contributed by atoms with Crippen molar-refractivity contribution in [3.63, 3.8) is 0 Å². The molecule has 0 bridgehead atoms. The number of anilines is 1. The van der Waals surface area contributed by atoms with Crippen LogP contribution < -0.4 is 4.90 Å². The molecule has 1 aliphatic rings. The highest BCUT2D eigenvalue weighted by atomic mass is 32.2. The molecule has 1 aliphatic heterocycles. The van der Waals surface area contributed by atoms with Crippen molar-refractivity contribution in [2.45, 2.75) is 12.5 Å². The molecule has 0 amide bonds. The molecule has 0 saturated carbocycles. The maximum Gasteiger partial charge on any atom is 0.335 e. The third kappa shape index (κ3) is 2.61. The molecule has 22 heavy (non-hydrogen) atoms. The Morgan fingerprint density at radius 1 is 1.36 bits per heavy atom. The van der Waals surface area contributed by atoms with Gasteiger partial charge in [0.1, 0.15) is 12.1 Å². The van der Waals surface area contributed by atoms with E-state index in [0.29, 0.717) is 23.1 Å². The average molecular weight is 321 g/mol. The van der Waals surface area contributed by atoms with Crippen LogP contribution in [0.1, 0.15) is 16.8 Å². The molecule has 0 radical (unpaired) electrons. The van der Waals surface area contributed by atoms with E-state index in [0.717, 1.165) is 0 Å². The molecule has 1 saturated heterocycles. The summed E-state index contributed by atoms with van der Waals surface area (Å²) in [5.74, 6) is -0.0996. The first-order chi connectivity index (χ1) is 10.4. The number of hydrogen-bond acceptors (Lipinski definition) is 6. The SMILES string of the molecule is CN(c1ncnc2cc(C(=O)O)ccc12)C1CCS(=O)(=O)C1. The third-order valence-electron chi connectivity index (χ3n) is 3.95. The number of aromatic nitrogens is 2. The number of hydrogen-bond donors (Lipinski definition) is 1. The number of benzene rings is 1. The number of aromatic carboxylic acids is 1. The summed E-state index contributed by atoms with van der Waals surface area (Å²) in [5, 5.41) is 9.74. The van der Waals surface area contributed by atoms with Crippen LogP contribution in [0.15, 0.2) is 24.5 Å². The lowest BCUT2D eigenvalue weighted by atomic mass is 10.1. The van der Waals surface area contributed by atoms with Crippen LogP contribution in [0.3, 0.4) is 0 Å². The summed E-state index contributed by atoms with van der Waals surface area (Å²) < 4.78 is 23.3. The largest absolute Gasteiger partial charge is 0.478 e. The Hall–Kier alpha value is -2.22. The number of sulfone groups is 1. The minimum Gasteiger partial charge on any atom is -0.478 e. The quantitative estimate of drug-likeness (QED) is 0.898.